The fourth-order valence-corrected chi connectivity index (χ4v) is 11.9. The Morgan fingerprint density at radius 3 is 2.52 bits per heavy atom. The van der Waals surface area contributed by atoms with Crippen molar-refractivity contribution in [3.63, 3.8) is 0 Å². The van der Waals surface area contributed by atoms with E-state index in [1.807, 2.05) is 12.1 Å². The van der Waals surface area contributed by atoms with Crippen molar-refractivity contribution >= 4 is 44.0 Å². The van der Waals surface area contributed by atoms with Gasteiger partial charge in [0.2, 0.25) is 0 Å². The second kappa shape index (κ2) is 17.5. The van der Waals surface area contributed by atoms with Crippen LogP contribution < -0.4 is 19.7 Å². The molecule has 4 aliphatic carbocycles. The minimum atomic E-state index is -4.53. The van der Waals surface area contributed by atoms with E-state index in [0.717, 1.165) is 99.5 Å². The molecule has 2 aromatic heterocycles. The van der Waals surface area contributed by atoms with Gasteiger partial charge in [-0.05, 0) is 143 Å². The number of benzene rings is 2. The molecule has 15 heteroatoms. The molecule has 4 aromatic rings. The van der Waals surface area contributed by atoms with Gasteiger partial charge in [-0.3, -0.25) is 19.8 Å². The van der Waals surface area contributed by atoms with Crippen LogP contribution in [0.25, 0.3) is 11.0 Å². The van der Waals surface area contributed by atoms with Gasteiger partial charge in [0.15, 0.2) is 0 Å². The van der Waals surface area contributed by atoms with Crippen molar-refractivity contribution in [2.45, 2.75) is 77.0 Å². The Labute approximate surface area is 371 Å². The Hall–Kier alpha value is -4.99. The number of carbonyl (C=O) groups is 1. The molecular formula is C48H62N8O6S. The molecule has 336 valence electrons. The van der Waals surface area contributed by atoms with Crippen LogP contribution in [-0.4, -0.2) is 98.4 Å². The fourth-order valence-electron chi connectivity index (χ4n) is 10.9. The van der Waals surface area contributed by atoms with E-state index >= 15 is 0 Å². The average Bonchev–Trinajstić information content (AvgIpc) is 3.71. The van der Waals surface area contributed by atoms with E-state index in [9.17, 15) is 23.3 Å². The number of carbonyl (C=O) groups excluding carboxylic acids is 1. The number of rotatable bonds is 13. The number of nitro groups is 1. The van der Waals surface area contributed by atoms with Gasteiger partial charge in [0.25, 0.3) is 21.6 Å². The topological polar surface area (TPSA) is 166 Å². The summed E-state index contributed by atoms with van der Waals surface area (Å²) in [7, 11) is -2.46. The van der Waals surface area contributed by atoms with Crippen LogP contribution in [0.1, 0.15) is 82.5 Å². The van der Waals surface area contributed by atoms with E-state index in [2.05, 4.69) is 62.5 Å². The van der Waals surface area contributed by atoms with Crippen LogP contribution in [0.15, 0.2) is 77.0 Å². The first-order chi connectivity index (χ1) is 30.2. The molecule has 0 radical (unpaired) electrons. The first-order valence-corrected chi connectivity index (χ1v) is 24.4. The number of hydrogen-bond acceptors (Lipinski definition) is 11. The standard InChI is InChI=1S/C48H62N8O6S/c1-31-21-41(36-22-35(31)23-36)42-27-48(2,3)13-9-34(42)30-54-17-19-55(20-18-54)37-5-7-40(45(25-37)62-38-24-33-10-14-49-46(33)51-29-38)47(57)52-63(60,61)39-6-8-43(44(26-39)56(58)59)50-28-32-11-15-53(4)16-12-32/h5-8,10,14,24-26,29,31-32,35-36,41,50H,9,11-13,15-23,27-28,30H2,1-4H3,(H,49,51)(H,52,57)/t31?,35?,36?,41-/m1/s1. The quantitative estimate of drug-likeness (QED) is 0.0670. The number of ether oxygens (including phenoxy) is 1. The first kappa shape index (κ1) is 43.3. The number of amides is 1. The van der Waals surface area contributed by atoms with E-state index < -0.39 is 25.7 Å². The smallest absolute Gasteiger partial charge is 0.293 e. The SMILES string of the molecule is CC1C[C@@H](C2=C(CN3CCN(c4ccc(C(=O)NS(=O)(=O)c5ccc(NCC6CCN(C)CC6)c([N+](=O)[O-])c5)c(Oc5cnc6[nH]ccc6c5)c4)CC3)CCC(C)(C)C2)C2CC1C2. The molecule has 6 aliphatic rings. The van der Waals surface area contributed by atoms with Crippen LogP contribution in [-0.2, 0) is 10.0 Å². The molecule has 3 N–H and O–H groups in total. The minimum absolute atomic E-state index is 0.00413. The number of nitrogens with one attached hydrogen (secondary N) is 3. The third kappa shape index (κ3) is 9.46. The zero-order valence-corrected chi connectivity index (χ0v) is 37.9. The molecule has 10 rings (SSSR count). The number of pyridine rings is 1. The van der Waals surface area contributed by atoms with Crippen molar-refractivity contribution in [2.24, 2.45) is 35.0 Å². The molecule has 4 heterocycles. The van der Waals surface area contributed by atoms with Crippen LogP contribution in [0.5, 0.6) is 11.5 Å². The van der Waals surface area contributed by atoms with Gasteiger partial charge in [0.1, 0.15) is 22.8 Å². The maximum atomic E-state index is 14.0. The number of hydrogen-bond donors (Lipinski definition) is 3. The number of nitrogens with zero attached hydrogens (tertiary/aromatic N) is 5. The van der Waals surface area contributed by atoms with Crippen LogP contribution in [0.2, 0.25) is 0 Å². The number of aromatic amines is 1. The highest BCUT2D eigenvalue weighted by atomic mass is 32.2. The lowest BCUT2D eigenvalue weighted by Gasteiger charge is -2.53. The van der Waals surface area contributed by atoms with Crippen LogP contribution in [0.3, 0.4) is 0 Å². The van der Waals surface area contributed by atoms with Crippen LogP contribution in [0, 0.1) is 45.1 Å². The Morgan fingerprint density at radius 1 is 1.00 bits per heavy atom. The zero-order valence-electron chi connectivity index (χ0n) is 37.1. The van der Waals surface area contributed by atoms with Gasteiger partial charge in [-0.25, -0.2) is 18.1 Å². The first-order valence-electron chi connectivity index (χ1n) is 22.9. The van der Waals surface area contributed by atoms with Crippen LogP contribution in [0.4, 0.5) is 17.1 Å². The van der Waals surface area contributed by atoms with Gasteiger partial charge in [-0.2, -0.15) is 0 Å². The number of likely N-dealkylation sites (tertiary alicyclic amines) is 1. The average molecular weight is 879 g/mol. The second-order valence-corrected chi connectivity index (χ2v) is 21.6. The van der Waals surface area contributed by atoms with Crippen molar-refractivity contribution in [1.29, 1.82) is 0 Å². The summed E-state index contributed by atoms with van der Waals surface area (Å²) in [5.74, 6) is 3.36. The van der Waals surface area contributed by atoms with Gasteiger partial charge in [-0.1, -0.05) is 31.9 Å². The molecular weight excluding hydrogens is 817 g/mol. The third-order valence-corrected chi connectivity index (χ3v) is 16.3. The van der Waals surface area contributed by atoms with E-state index in [1.54, 1.807) is 41.7 Å². The van der Waals surface area contributed by atoms with E-state index in [-0.39, 0.29) is 22.7 Å². The fraction of sp³-hybridized carbons (Fsp3) is 0.542. The molecule has 2 saturated heterocycles. The normalized spacial score (nSPS) is 24.5. The number of H-pyrrole nitrogens is 1. The molecule has 3 saturated carbocycles. The van der Waals surface area contributed by atoms with Gasteiger partial charge >= 0.3 is 0 Å². The van der Waals surface area contributed by atoms with Crippen molar-refractivity contribution in [3.05, 3.63) is 87.7 Å². The maximum Gasteiger partial charge on any atom is 0.293 e. The van der Waals surface area contributed by atoms with Gasteiger partial charge in [0, 0.05) is 68.7 Å². The zero-order chi connectivity index (χ0) is 44.0. The summed E-state index contributed by atoms with van der Waals surface area (Å²) in [4.78, 5) is 39.8. The Morgan fingerprint density at radius 2 is 1.78 bits per heavy atom. The number of sulfonamides is 1. The molecule has 2 bridgehead atoms. The minimum Gasteiger partial charge on any atom is -0.455 e. The van der Waals surface area contributed by atoms with Gasteiger partial charge < -0.3 is 24.8 Å². The highest BCUT2D eigenvalue weighted by Gasteiger charge is 2.47. The predicted molar refractivity (Wildman–Crippen MR) is 246 cm³/mol. The molecule has 14 nitrogen and oxygen atoms in total. The highest BCUT2D eigenvalue weighted by Crippen LogP contribution is 2.57. The molecule has 0 spiro atoms. The van der Waals surface area contributed by atoms with Crippen molar-refractivity contribution in [3.8, 4) is 11.5 Å². The summed E-state index contributed by atoms with van der Waals surface area (Å²) in [5, 5.41) is 16.1. The Balaban J connectivity index is 0.916. The molecule has 1 amide bonds. The Bertz CT molecular complexity index is 2500. The van der Waals surface area contributed by atoms with E-state index in [0.29, 0.717) is 29.3 Å². The summed E-state index contributed by atoms with van der Waals surface area (Å²) in [6, 6.07) is 12.5. The summed E-state index contributed by atoms with van der Waals surface area (Å²) >= 11 is 0. The molecule has 63 heavy (non-hydrogen) atoms. The Kier molecular flexibility index (Phi) is 12.0. The van der Waals surface area contributed by atoms with Gasteiger partial charge in [-0.15, -0.1) is 0 Å². The second-order valence-electron chi connectivity index (χ2n) is 19.9. The summed E-state index contributed by atoms with van der Waals surface area (Å²) in [6.45, 7) is 14.2. The monoisotopic (exact) mass is 878 g/mol. The third-order valence-electron chi connectivity index (χ3n) is 15.0. The maximum absolute atomic E-state index is 14.0. The number of aromatic nitrogens is 2. The molecule has 2 aromatic carbocycles. The van der Waals surface area contributed by atoms with Crippen molar-refractivity contribution in [2.75, 3.05) is 69.6 Å². The molecule has 1 unspecified atom stereocenters. The number of allylic oxidation sites excluding steroid dienone is 1. The highest BCUT2D eigenvalue weighted by molar-refractivity contribution is 7.90. The molecule has 5 fully saturated rings. The summed E-state index contributed by atoms with van der Waals surface area (Å²) in [5.41, 5.74) is 5.20. The number of piperidine rings is 1. The number of nitro benzene ring substituents is 1. The number of piperazine rings is 1. The lowest BCUT2D eigenvalue weighted by Crippen LogP contribution is -2.48. The van der Waals surface area contributed by atoms with Crippen LogP contribution >= 0.6 is 0 Å². The van der Waals surface area contributed by atoms with Gasteiger partial charge in [0.05, 0.1) is 21.6 Å². The molecule has 2 atom stereocenters. The number of fused-ring (bicyclic) bond motifs is 3. The van der Waals surface area contributed by atoms with E-state index in [4.69, 9.17) is 4.74 Å². The van der Waals surface area contributed by atoms with Crippen molar-refractivity contribution < 1.29 is 22.9 Å². The van der Waals surface area contributed by atoms with Crippen molar-refractivity contribution in [1.82, 2.24) is 24.5 Å². The molecule has 2 aliphatic heterocycles. The number of anilines is 2. The lowest BCUT2D eigenvalue weighted by atomic mass is 9.52. The van der Waals surface area contributed by atoms with E-state index in [1.165, 1.54) is 50.7 Å². The summed E-state index contributed by atoms with van der Waals surface area (Å²) in [6.07, 6.45) is 13.1. The predicted octanol–water partition coefficient (Wildman–Crippen LogP) is 8.45. The lowest BCUT2D eigenvalue weighted by molar-refractivity contribution is -0.384. The largest absolute Gasteiger partial charge is 0.455 e. The summed E-state index contributed by atoms with van der Waals surface area (Å²) < 4.78 is 36.0.